The van der Waals surface area contributed by atoms with Crippen LogP contribution in [0.1, 0.15) is 39.1 Å². The highest BCUT2D eigenvalue weighted by Crippen LogP contribution is 2.59. The molecule has 2 bridgehead atoms. The van der Waals surface area contributed by atoms with Gasteiger partial charge in [0.15, 0.2) is 11.5 Å². The number of imidazole rings is 1. The maximum atomic E-state index is 13.4. The third-order valence-electron chi connectivity index (χ3n) is 7.15. The fraction of sp³-hybridized carbons (Fsp3) is 0.455. The zero-order chi connectivity index (χ0) is 24.3. The van der Waals surface area contributed by atoms with Crippen molar-refractivity contribution in [2.45, 2.75) is 49.5 Å². The third-order valence-corrected chi connectivity index (χ3v) is 8.73. The van der Waals surface area contributed by atoms with Crippen LogP contribution in [0.15, 0.2) is 35.6 Å². The van der Waals surface area contributed by atoms with E-state index in [2.05, 4.69) is 19.8 Å². The number of rotatable bonds is 6. The smallest absolute Gasteiger partial charge is 0.252 e. The predicted molar refractivity (Wildman–Crippen MR) is 126 cm³/mol. The summed E-state index contributed by atoms with van der Waals surface area (Å²) >= 11 is 0. The van der Waals surface area contributed by atoms with Crippen molar-refractivity contribution in [3.05, 3.63) is 36.3 Å². The average Bonchev–Trinajstić information content (AvgIpc) is 3.22. The van der Waals surface area contributed by atoms with Gasteiger partial charge in [0.25, 0.3) is 5.91 Å². The standard InChI is InChI=1S/C22H27N7O4S.H2/c1-14-5-6-15(9-16(14)17-10-24-19-18(23)25-13-26-29(17)19)34(31,32)27-22-8-4-7-21(11-22,12-22)20(30)28(2)33-3;/h5-6,9-10,13,27H,4,7-8,11-12H2,1-3H3,(H2,23,25,26);1H. The fourth-order valence-electron chi connectivity index (χ4n) is 5.57. The Morgan fingerprint density at radius 1 is 1.29 bits per heavy atom. The highest BCUT2D eigenvalue weighted by molar-refractivity contribution is 7.89. The molecule has 0 radical (unpaired) electrons. The number of carbonyl (C=O) groups excluding carboxylic acids is 1. The number of carbonyl (C=O) groups is 1. The molecule has 3 fully saturated rings. The van der Waals surface area contributed by atoms with E-state index in [4.69, 9.17) is 10.6 Å². The summed E-state index contributed by atoms with van der Waals surface area (Å²) in [6.45, 7) is 1.89. The molecule has 3 N–H and O–H groups in total. The van der Waals surface area contributed by atoms with Gasteiger partial charge in [0, 0.05) is 19.6 Å². The normalized spacial score (nSPS) is 24.1. The van der Waals surface area contributed by atoms with Gasteiger partial charge in [-0.15, -0.1) is 0 Å². The summed E-state index contributed by atoms with van der Waals surface area (Å²) in [5.74, 6) is 0.138. The lowest BCUT2D eigenvalue weighted by Gasteiger charge is -2.59. The second kappa shape index (κ2) is 7.72. The lowest BCUT2D eigenvalue weighted by atomic mass is 9.50. The minimum Gasteiger partial charge on any atom is -0.381 e. The van der Waals surface area contributed by atoms with E-state index in [1.165, 1.54) is 18.5 Å². The number of nitrogen functional groups attached to an aromatic ring is 1. The number of nitrogens with zero attached hydrogens (tertiary/aromatic N) is 5. The molecular formula is C22H29N7O4S. The van der Waals surface area contributed by atoms with Crippen LogP contribution in [0.3, 0.4) is 0 Å². The van der Waals surface area contributed by atoms with E-state index in [0.717, 1.165) is 18.4 Å². The van der Waals surface area contributed by atoms with Gasteiger partial charge in [-0.2, -0.15) is 5.10 Å². The molecule has 6 rings (SSSR count). The number of hydroxylamine groups is 2. The van der Waals surface area contributed by atoms with E-state index in [1.807, 2.05) is 6.92 Å². The summed E-state index contributed by atoms with van der Waals surface area (Å²) < 4.78 is 31.4. The van der Waals surface area contributed by atoms with Crippen LogP contribution in [-0.2, 0) is 19.7 Å². The predicted octanol–water partition coefficient (Wildman–Crippen LogP) is 1.93. The van der Waals surface area contributed by atoms with E-state index in [9.17, 15) is 13.2 Å². The molecule has 1 aromatic carbocycles. The van der Waals surface area contributed by atoms with Crippen LogP contribution < -0.4 is 10.5 Å². The topological polar surface area (TPSA) is 145 Å². The molecule has 3 aromatic rings. The lowest BCUT2D eigenvalue weighted by molar-refractivity contribution is -0.195. The van der Waals surface area contributed by atoms with Gasteiger partial charge in [-0.1, -0.05) is 12.5 Å². The van der Waals surface area contributed by atoms with Crippen molar-refractivity contribution in [1.29, 1.82) is 0 Å². The number of amides is 1. The summed E-state index contributed by atoms with van der Waals surface area (Å²) in [6, 6.07) is 4.96. The van der Waals surface area contributed by atoms with Gasteiger partial charge in [-0.05, 0) is 50.3 Å². The molecule has 0 saturated heterocycles. The minimum atomic E-state index is -3.84. The van der Waals surface area contributed by atoms with E-state index in [-0.39, 0.29) is 18.0 Å². The van der Waals surface area contributed by atoms with Gasteiger partial charge in [0.2, 0.25) is 10.0 Å². The third kappa shape index (κ3) is 3.44. The van der Waals surface area contributed by atoms with Crippen molar-refractivity contribution in [2.24, 2.45) is 5.41 Å². The first kappa shape index (κ1) is 22.7. The number of anilines is 1. The van der Waals surface area contributed by atoms with Crippen LogP contribution in [-0.4, -0.2) is 58.7 Å². The first-order chi connectivity index (χ1) is 16.1. The number of aromatic nitrogens is 4. The van der Waals surface area contributed by atoms with Crippen molar-refractivity contribution in [1.82, 2.24) is 29.4 Å². The van der Waals surface area contributed by atoms with E-state index in [0.29, 0.717) is 36.2 Å². The van der Waals surface area contributed by atoms with Gasteiger partial charge in [0.05, 0.1) is 29.3 Å². The first-order valence-corrected chi connectivity index (χ1v) is 12.5. The van der Waals surface area contributed by atoms with Crippen LogP contribution >= 0.6 is 0 Å². The van der Waals surface area contributed by atoms with Gasteiger partial charge < -0.3 is 5.73 Å². The molecule has 0 aliphatic heterocycles. The molecule has 3 aliphatic rings. The number of hydrogen-bond donors (Lipinski definition) is 2. The number of fused-ring (bicyclic) bond motifs is 3. The SMILES string of the molecule is CON(C)C(=O)C12CCCC(NS(=O)(=O)c3ccc(C)c(-c4cnc5c(N)ncnn45)c3)(C1)C2.[HH]. The van der Waals surface area contributed by atoms with Crippen molar-refractivity contribution in [3.63, 3.8) is 0 Å². The molecule has 34 heavy (non-hydrogen) atoms. The highest BCUT2D eigenvalue weighted by atomic mass is 32.2. The number of aryl methyl sites for hydroxylation is 1. The zero-order valence-electron chi connectivity index (χ0n) is 19.3. The lowest BCUT2D eigenvalue weighted by Crippen LogP contribution is -2.68. The number of benzene rings is 1. The monoisotopic (exact) mass is 487 g/mol. The first-order valence-electron chi connectivity index (χ1n) is 11.0. The highest BCUT2D eigenvalue weighted by Gasteiger charge is 2.63. The molecule has 11 nitrogen and oxygen atoms in total. The molecule has 182 valence electrons. The number of hydrogen-bond acceptors (Lipinski definition) is 8. The largest absolute Gasteiger partial charge is 0.381 e. The summed E-state index contributed by atoms with van der Waals surface area (Å²) in [5.41, 5.74) is 7.26. The second-order valence-corrected chi connectivity index (χ2v) is 11.0. The van der Waals surface area contributed by atoms with Crippen LogP contribution in [0.25, 0.3) is 16.9 Å². The van der Waals surface area contributed by atoms with Crippen molar-refractivity contribution >= 4 is 27.4 Å². The maximum absolute atomic E-state index is 13.4. The van der Waals surface area contributed by atoms with E-state index >= 15 is 0 Å². The number of sulfonamides is 1. The Bertz CT molecular complexity index is 1400. The van der Waals surface area contributed by atoms with Crippen molar-refractivity contribution < 1.29 is 19.5 Å². The quantitative estimate of drug-likeness (QED) is 0.502. The van der Waals surface area contributed by atoms with Crippen LogP contribution in [0.5, 0.6) is 0 Å². The molecule has 3 aliphatic carbocycles. The zero-order valence-corrected chi connectivity index (χ0v) is 20.1. The minimum absolute atomic E-state index is 0. The summed E-state index contributed by atoms with van der Waals surface area (Å²) in [6.07, 6.45) is 6.07. The van der Waals surface area contributed by atoms with E-state index in [1.54, 1.807) is 36.0 Å². The maximum Gasteiger partial charge on any atom is 0.252 e. The fourth-order valence-corrected chi connectivity index (χ4v) is 7.02. The summed E-state index contributed by atoms with van der Waals surface area (Å²) in [7, 11) is -0.809. The van der Waals surface area contributed by atoms with Crippen LogP contribution in [0.4, 0.5) is 5.82 Å². The molecule has 0 spiro atoms. The number of nitrogens with two attached hydrogens (primary N) is 1. The molecular weight excluding hydrogens is 458 g/mol. The summed E-state index contributed by atoms with van der Waals surface area (Å²) in [5, 5.41) is 5.46. The van der Waals surface area contributed by atoms with Crippen LogP contribution in [0, 0.1) is 12.3 Å². The average molecular weight is 488 g/mol. The van der Waals surface area contributed by atoms with Gasteiger partial charge in [-0.3, -0.25) is 9.63 Å². The number of nitrogens with one attached hydrogen (secondary N) is 1. The Labute approximate surface area is 198 Å². The van der Waals surface area contributed by atoms with Crippen molar-refractivity contribution in [2.75, 3.05) is 19.9 Å². The van der Waals surface area contributed by atoms with Gasteiger partial charge >= 0.3 is 0 Å². The Morgan fingerprint density at radius 3 is 2.79 bits per heavy atom. The molecule has 12 heteroatoms. The Kier molecular flexibility index (Phi) is 5.15. The Balaban J connectivity index is 0.00000289. The molecule has 2 heterocycles. The van der Waals surface area contributed by atoms with Crippen molar-refractivity contribution in [3.8, 4) is 11.3 Å². The molecule has 1 amide bonds. The Morgan fingerprint density at radius 2 is 2.06 bits per heavy atom. The molecule has 0 atom stereocenters. The van der Waals surface area contributed by atoms with Crippen LogP contribution in [0.2, 0.25) is 0 Å². The molecule has 2 aromatic heterocycles. The molecule has 0 unspecified atom stereocenters. The van der Waals surface area contributed by atoms with E-state index < -0.39 is 21.0 Å². The van der Waals surface area contributed by atoms with Gasteiger partial charge in [-0.25, -0.2) is 32.7 Å². The molecule has 3 saturated carbocycles. The summed E-state index contributed by atoms with van der Waals surface area (Å²) in [4.78, 5) is 26.3. The Hall–Kier alpha value is -3.09. The second-order valence-electron chi connectivity index (χ2n) is 9.36. The van der Waals surface area contributed by atoms with Gasteiger partial charge in [0.1, 0.15) is 6.33 Å².